The summed E-state index contributed by atoms with van der Waals surface area (Å²) in [5.74, 6) is 1.37. The maximum Gasteiger partial charge on any atom is 0.192 e. The standard InChI is InChI=1S/C10H11NO.C2H6/c1-4-6-7-10-9(5-2)11-8(3)12-10;1-2/h4-7H,1-2H2,3H3;1-2H3/b7-6-;. The highest BCUT2D eigenvalue weighted by Crippen LogP contribution is 2.13. The maximum atomic E-state index is 5.29. The van der Waals surface area contributed by atoms with Gasteiger partial charge in [0.05, 0.1) is 0 Å². The lowest BCUT2D eigenvalue weighted by atomic mass is 10.3. The van der Waals surface area contributed by atoms with Gasteiger partial charge in [-0.15, -0.1) is 0 Å². The second kappa shape index (κ2) is 6.89. The molecule has 2 heteroatoms. The monoisotopic (exact) mass is 191 g/mol. The van der Waals surface area contributed by atoms with E-state index in [1.807, 2.05) is 19.9 Å². The largest absolute Gasteiger partial charge is 0.441 e. The van der Waals surface area contributed by atoms with Crippen LogP contribution in [0.5, 0.6) is 0 Å². The molecule has 0 unspecified atom stereocenters. The zero-order valence-electron chi connectivity index (χ0n) is 9.08. The van der Waals surface area contributed by atoms with Crippen LogP contribution in [-0.2, 0) is 0 Å². The van der Waals surface area contributed by atoms with E-state index in [0.717, 1.165) is 11.5 Å². The molecule has 0 saturated carbocycles. The zero-order chi connectivity index (χ0) is 11.0. The van der Waals surface area contributed by atoms with Crippen molar-refractivity contribution < 1.29 is 4.42 Å². The van der Waals surface area contributed by atoms with Crippen molar-refractivity contribution in [3.05, 3.63) is 42.7 Å². The minimum absolute atomic E-state index is 0.647. The molecule has 76 valence electrons. The smallest absolute Gasteiger partial charge is 0.192 e. The molecular weight excluding hydrogens is 174 g/mol. The highest BCUT2D eigenvalue weighted by molar-refractivity contribution is 5.57. The molecule has 0 aliphatic heterocycles. The van der Waals surface area contributed by atoms with Crippen LogP contribution in [-0.4, -0.2) is 4.98 Å². The highest BCUT2D eigenvalue weighted by Gasteiger charge is 2.02. The summed E-state index contributed by atoms with van der Waals surface area (Å²) in [7, 11) is 0. The van der Waals surface area contributed by atoms with Crippen LogP contribution in [0.15, 0.2) is 29.7 Å². The molecule has 0 saturated heterocycles. The van der Waals surface area contributed by atoms with Gasteiger partial charge in [0.25, 0.3) is 0 Å². The Morgan fingerprint density at radius 2 is 1.93 bits per heavy atom. The van der Waals surface area contributed by atoms with Gasteiger partial charge in [0.2, 0.25) is 0 Å². The molecule has 0 spiro atoms. The fourth-order valence-electron chi connectivity index (χ4n) is 0.880. The first-order valence-corrected chi connectivity index (χ1v) is 4.67. The van der Waals surface area contributed by atoms with Crippen LogP contribution in [0.2, 0.25) is 0 Å². The van der Waals surface area contributed by atoms with E-state index in [-0.39, 0.29) is 0 Å². The molecule has 0 aromatic carbocycles. The fourth-order valence-corrected chi connectivity index (χ4v) is 0.880. The van der Waals surface area contributed by atoms with Crippen LogP contribution in [0.4, 0.5) is 0 Å². The van der Waals surface area contributed by atoms with E-state index in [1.54, 1.807) is 25.2 Å². The van der Waals surface area contributed by atoms with Crippen LogP contribution in [0, 0.1) is 6.92 Å². The van der Waals surface area contributed by atoms with E-state index in [1.165, 1.54) is 0 Å². The minimum atomic E-state index is 0.647. The fraction of sp³-hybridized carbons (Fsp3) is 0.250. The van der Waals surface area contributed by atoms with Crippen LogP contribution >= 0.6 is 0 Å². The van der Waals surface area contributed by atoms with Gasteiger partial charge in [-0.1, -0.05) is 39.2 Å². The van der Waals surface area contributed by atoms with Crippen LogP contribution in [0.3, 0.4) is 0 Å². The lowest BCUT2D eigenvalue weighted by Crippen LogP contribution is -1.73. The summed E-state index contributed by atoms with van der Waals surface area (Å²) in [5, 5.41) is 0. The third-order valence-electron chi connectivity index (χ3n) is 1.37. The molecule has 0 amide bonds. The van der Waals surface area contributed by atoms with Gasteiger partial charge in [0, 0.05) is 6.92 Å². The number of nitrogens with zero attached hydrogens (tertiary/aromatic N) is 1. The number of oxazole rings is 1. The summed E-state index contributed by atoms with van der Waals surface area (Å²) in [5.41, 5.74) is 0.769. The minimum Gasteiger partial charge on any atom is -0.441 e. The molecule has 2 nitrogen and oxygen atoms in total. The van der Waals surface area contributed by atoms with E-state index in [9.17, 15) is 0 Å². The van der Waals surface area contributed by atoms with E-state index < -0.39 is 0 Å². The van der Waals surface area contributed by atoms with Gasteiger partial charge < -0.3 is 4.42 Å². The zero-order valence-corrected chi connectivity index (χ0v) is 9.08. The molecule has 0 aliphatic carbocycles. The van der Waals surface area contributed by atoms with E-state index in [0.29, 0.717) is 5.89 Å². The SMILES string of the molecule is C=C/C=C\c1oc(C)nc1C=C.CC. The van der Waals surface area contributed by atoms with Crippen LogP contribution in [0.25, 0.3) is 12.2 Å². The Labute approximate surface area is 85.7 Å². The van der Waals surface area contributed by atoms with Gasteiger partial charge in [-0.2, -0.15) is 0 Å². The number of allylic oxidation sites excluding steroid dienone is 2. The average Bonchev–Trinajstić information content (AvgIpc) is 2.59. The van der Waals surface area contributed by atoms with Crippen molar-refractivity contribution in [3.8, 4) is 0 Å². The van der Waals surface area contributed by atoms with Gasteiger partial charge in [0.15, 0.2) is 11.7 Å². The highest BCUT2D eigenvalue weighted by atomic mass is 16.4. The third kappa shape index (κ3) is 3.44. The molecule has 14 heavy (non-hydrogen) atoms. The summed E-state index contributed by atoms with van der Waals surface area (Å²) in [6.45, 7) is 13.0. The molecule has 1 heterocycles. The number of rotatable bonds is 3. The van der Waals surface area contributed by atoms with Gasteiger partial charge in [-0.25, -0.2) is 4.98 Å². The normalized spacial score (nSPS) is 9.36. The second-order valence-electron chi connectivity index (χ2n) is 2.28. The van der Waals surface area contributed by atoms with E-state index in [2.05, 4.69) is 18.1 Å². The first-order valence-electron chi connectivity index (χ1n) is 4.67. The van der Waals surface area contributed by atoms with Crippen molar-refractivity contribution in [1.29, 1.82) is 0 Å². The summed E-state index contributed by atoms with van der Waals surface area (Å²) >= 11 is 0. The molecule has 0 N–H and O–H groups in total. The van der Waals surface area contributed by atoms with Crippen molar-refractivity contribution in [3.63, 3.8) is 0 Å². The van der Waals surface area contributed by atoms with Crippen LogP contribution in [0.1, 0.15) is 31.2 Å². The number of aryl methyl sites for hydroxylation is 1. The molecule has 0 bridgehead atoms. The Bertz CT molecular complexity index is 321. The summed E-state index contributed by atoms with van der Waals surface area (Å²) in [4.78, 5) is 4.11. The Morgan fingerprint density at radius 1 is 1.29 bits per heavy atom. The Hall–Kier alpha value is -1.57. The Balaban J connectivity index is 0.000000791. The number of hydrogen-bond acceptors (Lipinski definition) is 2. The van der Waals surface area contributed by atoms with Gasteiger partial charge in [-0.3, -0.25) is 0 Å². The quantitative estimate of drug-likeness (QED) is 0.678. The van der Waals surface area contributed by atoms with Crippen molar-refractivity contribution in [2.75, 3.05) is 0 Å². The molecule has 1 aromatic heterocycles. The first kappa shape index (κ1) is 12.4. The van der Waals surface area contributed by atoms with Gasteiger partial charge >= 0.3 is 0 Å². The second-order valence-corrected chi connectivity index (χ2v) is 2.28. The van der Waals surface area contributed by atoms with E-state index >= 15 is 0 Å². The predicted octanol–water partition coefficient (Wildman–Crippen LogP) is 3.85. The Kier molecular flexibility index (Phi) is 6.12. The summed E-state index contributed by atoms with van der Waals surface area (Å²) < 4.78 is 5.29. The molecule has 0 fully saturated rings. The predicted molar refractivity (Wildman–Crippen MR) is 61.9 cm³/mol. The third-order valence-corrected chi connectivity index (χ3v) is 1.37. The number of hydrogen-bond donors (Lipinski definition) is 0. The lowest BCUT2D eigenvalue weighted by molar-refractivity contribution is 0.513. The summed E-state index contributed by atoms with van der Waals surface area (Å²) in [6.07, 6.45) is 6.96. The average molecular weight is 191 g/mol. The topological polar surface area (TPSA) is 26.0 Å². The van der Waals surface area contributed by atoms with Gasteiger partial charge in [-0.05, 0) is 12.2 Å². The van der Waals surface area contributed by atoms with Crippen molar-refractivity contribution in [2.24, 2.45) is 0 Å². The van der Waals surface area contributed by atoms with Crippen molar-refractivity contribution in [2.45, 2.75) is 20.8 Å². The van der Waals surface area contributed by atoms with E-state index in [4.69, 9.17) is 4.42 Å². The molecule has 1 rings (SSSR count). The Morgan fingerprint density at radius 3 is 2.43 bits per heavy atom. The first-order chi connectivity index (χ1) is 6.77. The number of aromatic nitrogens is 1. The van der Waals surface area contributed by atoms with Crippen molar-refractivity contribution >= 4 is 12.2 Å². The molecular formula is C12H17NO. The van der Waals surface area contributed by atoms with Gasteiger partial charge in [0.1, 0.15) is 5.69 Å². The molecule has 0 aliphatic rings. The molecule has 0 atom stereocenters. The lowest BCUT2D eigenvalue weighted by Gasteiger charge is -1.84. The summed E-state index contributed by atoms with van der Waals surface area (Å²) in [6, 6.07) is 0. The van der Waals surface area contributed by atoms with Crippen LogP contribution < -0.4 is 0 Å². The molecule has 0 radical (unpaired) electrons. The molecule has 1 aromatic rings. The maximum absolute atomic E-state index is 5.29. The van der Waals surface area contributed by atoms with Crippen molar-refractivity contribution in [1.82, 2.24) is 4.98 Å².